The Labute approximate surface area is 174 Å². The summed E-state index contributed by atoms with van der Waals surface area (Å²) in [6.07, 6.45) is 8.18. The number of hydrogen-bond donors (Lipinski definition) is 1. The summed E-state index contributed by atoms with van der Waals surface area (Å²) < 4.78 is 65.5. The molecule has 30 heavy (non-hydrogen) atoms. The standard InChI is InChI=1S/C20H25F3N4O2S/c21-20(22,23)30(28,29)26-11-16-7-3-4-8-19(16)27(12-17-10-24-14-25-17)18(13-26)9-15-5-1-2-6-15/h3-4,7-8,10,14-15,18H,1-2,5-6,9,11-13H2,(H,24,25)/t18-/m1/s1. The lowest BCUT2D eigenvalue weighted by Crippen LogP contribution is -2.47. The van der Waals surface area contributed by atoms with Crippen molar-refractivity contribution in [3.05, 3.63) is 48.0 Å². The molecule has 2 aliphatic rings. The number of sulfonamides is 1. The van der Waals surface area contributed by atoms with Crippen molar-refractivity contribution in [2.75, 3.05) is 11.4 Å². The number of aromatic nitrogens is 2. The maximum Gasteiger partial charge on any atom is 0.511 e. The van der Waals surface area contributed by atoms with E-state index >= 15 is 0 Å². The topological polar surface area (TPSA) is 69.3 Å². The van der Waals surface area contributed by atoms with Crippen molar-refractivity contribution in [2.45, 2.75) is 56.7 Å². The number of nitrogens with one attached hydrogen (secondary N) is 1. The second-order valence-corrected chi connectivity index (χ2v) is 10.0. The van der Waals surface area contributed by atoms with E-state index in [1.165, 1.54) is 0 Å². The maximum absolute atomic E-state index is 13.4. The highest BCUT2D eigenvalue weighted by molar-refractivity contribution is 7.89. The summed E-state index contributed by atoms with van der Waals surface area (Å²) in [5, 5.41) is 0. The highest BCUT2D eigenvalue weighted by Crippen LogP contribution is 2.38. The summed E-state index contributed by atoms with van der Waals surface area (Å²) >= 11 is 0. The molecule has 1 aliphatic heterocycles. The molecule has 0 spiro atoms. The Morgan fingerprint density at radius 1 is 1.17 bits per heavy atom. The molecule has 1 atom stereocenters. The molecule has 0 bridgehead atoms. The second-order valence-electron chi connectivity index (χ2n) is 8.12. The van der Waals surface area contributed by atoms with E-state index in [4.69, 9.17) is 0 Å². The Hall–Kier alpha value is -2.07. The van der Waals surface area contributed by atoms with Gasteiger partial charge in [-0.2, -0.15) is 17.5 Å². The summed E-state index contributed by atoms with van der Waals surface area (Å²) in [6.45, 7) is -0.0614. The van der Waals surface area contributed by atoms with Crippen LogP contribution in [0, 0.1) is 5.92 Å². The smallest absolute Gasteiger partial charge is 0.361 e. The van der Waals surface area contributed by atoms with E-state index < -0.39 is 15.5 Å². The molecule has 0 saturated heterocycles. The van der Waals surface area contributed by atoms with Gasteiger partial charge in [0.25, 0.3) is 0 Å². The lowest BCUT2D eigenvalue weighted by molar-refractivity contribution is -0.0492. The summed E-state index contributed by atoms with van der Waals surface area (Å²) in [5.74, 6) is 0.389. The van der Waals surface area contributed by atoms with Gasteiger partial charge in [-0.25, -0.2) is 13.4 Å². The van der Waals surface area contributed by atoms with E-state index in [1.807, 2.05) is 17.0 Å². The van der Waals surface area contributed by atoms with Crippen LogP contribution in [0.2, 0.25) is 0 Å². The van der Waals surface area contributed by atoms with Crippen molar-refractivity contribution in [1.29, 1.82) is 0 Å². The molecule has 1 aromatic heterocycles. The average Bonchev–Trinajstić information content (AvgIpc) is 3.36. The van der Waals surface area contributed by atoms with Crippen LogP contribution in [0.1, 0.15) is 43.4 Å². The lowest BCUT2D eigenvalue weighted by Gasteiger charge is -2.35. The van der Waals surface area contributed by atoms with Gasteiger partial charge in [-0.15, -0.1) is 0 Å². The number of benzene rings is 1. The first-order chi connectivity index (χ1) is 14.3. The highest BCUT2D eigenvalue weighted by Gasteiger charge is 2.51. The first-order valence-electron chi connectivity index (χ1n) is 10.1. The zero-order valence-corrected chi connectivity index (χ0v) is 17.3. The third-order valence-electron chi connectivity index (χ3n) is 6.11. The molecule has 1 fully saturated rings. The predicted octanol–water partition coefficient (Wildman–Crippen LogP) is 4.03. The minimum absolute atomic E-state index is 0.193. The van der Waals surface area contributed by atoms with Gasteiger partial charge in [0.2, 0.25) is 0 Å². The Morgan fingerprint density at radius 2 is 1.90 bits per heavy atom. The van der Waals surface area contributed by atoms with Crippen LogP contribution in [-0.2, 0) is 23.1 Å². The number of H-pyrrole nitrogens is 1. The molecule has 6 nitrogen and oxygen atoms in total. The fourth-order valence-corrected chi connectivity index (χ4v) is 5.61. The first kappa shape index (κ1) is 21.2. The van der Waals surface area contributed by atoms with Crippen molar-refractivity contribution >= 4 is 15.7 Å². The Morgan fingerprint density at radius 3 is 2.57 bits per heavy atom. The van der Waals surface area contributed by atoms with Crippen LogP contribution < -0.4 is 4.90 Å². The van der Waals surface area contributed by atoms with Gasteiger partial charge in [0.15, 0.2) is 0 Å². The van der Waals surface area contributed by atoms with Crippen molar-refractivity contribution in [2.24, 2.45) is 5.92 Å². The van der Waals surface area contributed by atoms with Gasteiger partial charge in [0.1, 0.15) is 0 Å². The normalized spacial score (nSPS) is 21.6. The van der Waals surface area contributed by atoms with Crippen LogP contribution >= 0.6 is 0 Å². The maximum atomic E-state index is 13.4. The molecular weight excluding hydrogens is 417 g/mol. The molecule has 0 radical (unpaired) electrons. The van der Waals surface area contributed by atoms with Crippen molar-refractivity contribution in [3.8, 4) is 0 Å². The van der Waals surface area contributed by atoms with Crippen LogP contribution in [0.15, 0.2) is 36.8 Å². The summed E-state index contributed by atoms with van der Waals surface area (Å²) in [5.41, 5.74) is -3.15. The fraction of sp³-hybridized carbons (Fsp3) is 0.550. The average molecular weight is 443 g/mol. The van der Waals surface area contributed by atoms with E-state index in [0.717, 1.165) is 37.1 Å². The lowest BCUT2D eigenvalue weighted by atomic mass is 9.96. The molecule has 4 rings (SSSR count). The van der Waals surface area contributed by atoms with Gasteiger partial charge in [0, 0.05) is 31.0 Å². The molecule has 1 saturated carbocycles. The third-order valence-corrected chi connectivity index (χ3v) is 7.65. The van der Waals surface area contributed by atoms with Gasteiger partial charge in [-0.05, 0) is 24.0 Å². The molecule has 1 aliphatic carbocycles. The zero-order valence-electron chi connectivity index (χ0n) is 16.5. The number of imidazole rings is 1. The van der Waals surface area contributed by atoms with Crippen LogP contribution in [0.3, 0.4) is 0 Å². The summed E-state index contributed by atoms with van der Waals surface area (Å²) in [7, 11) is -5.43. The molecule has 2 aromatic rings. The van der Waals surface area contributed by atoms with E-state index in [9.17, 15) is 21.6 Å². The Bertz CT molecular complexity index is 957. The first-order valence-corrected chi connectivity index (χ1v) is 11.6. The number of rotatable bonds is 5. The quantitative estimate of drug-likeness (QED) is 0.759. The monoisotopic (exact) mass is 442 g/mol. The van der Waals surface area contributed by atoms with Crippen molar-refractivity contribution in [3.63, 3.8) is 0 Å². The summed E-state index contributed by atoms with van der Waals surface area (Å²) in [4.78, 5) is 9.14. The number of para-hydroxylation sites is 1. The third kappa shape index (κ3) is 4.20. The van der Waals surface area contributed by atoms with Gasteiger partial charge < -0.3 is 9.88 Å². The minimum atomic E-state index is -5.43. The van der Waals surface area contributed by atoms with Crippen LogP contribution in [0.25, 0.3) is 0 Å². The van der Waals surface area contributed by atoms with Crippen molar-refractivity contribution < 1.29 is 21.6 Å². The second kappa shape index (κ2) is 8.22. The molecule has 164 valence electrons. The number of nitrogens with zero attached hydrogens (tertiary/aromatic N) is 3. The number of halogens is 3. The van der Waals surface area contributed by atoms with E-state index in [0.29, 0.717) is 28.8 Å². The van der Waals surface area contributed by atoms with Crippen LogP contribution in [-0.4, -0.2) is 40.8 Å². The highest BCUT2D eigenvalue weighted by atomic mass is 32.2. The van der Waals surface area contributed by atoms with E-state index in [-0.39, 0.29) is 19.1 Å². The Kier molecular flexibility index (Phi) is 5.80. The predicted molar refractivity (Wildman–Crippen MR) is 107 cm³/mol. The number of alkyl halides is 3. The van der Waals surface area contributed by atoms with Crippen molar-refractivity contribution in [1.82, 2.24) is 14.3 Å². The number of fused-ring (bicyclic) bond motifs is 1. The van der Waals surface area contributed by atoms with E-state index in [2.05, 4.69) is 9.97 Å². The number of aromatic amines is 1. The Balaban J connectivity index is 1.75. The van der Waals surface area contributed by atoms with E-state index in [1.54, 1.807) is 24.7 Å². The van der Waals surface area contributed by atoms with Gasteiger partial charge >= 0.3 is 15.5 Å². The molecule has 2 heterocycles. The van der Waals surface area contributed by atoms with Crippen LogP contribution in [0.5, 0.6) is 0 Å². The molecule has 0 amide bonds. The molecule has 0 unspecified atom stereocenters. The molecular formula is C20H25F3N4O2S. The molecule has 1 N–H and O–H groups in total. The minimum Gasteiger partial charge on any atom is -0.361 e. The zero-order chi connectivity index (χ0) is 21.4. The van der Waals surface area contributed by atoms with Gasteiger partial charge in [0.05, 0.1) is 18.6 Å². The summed E-state index contributed by atoms with van der Waals surface area (Å²) in [6, 6.07) is 6.75. The number of hydrogen-bond acceptors (Lipinski definition) is 4. The molecule has 1 aromatic carbocycles. The van der Waals surface area contributed by atoms with Crippen LogP contribution in [0.4, 0.5) is 18.9 Å². The fourth-order valence-electron chi connectivity index (χ4n) is 4.64. The van der Waals surface area contributed by atoms with Gasteiger partial charge in [-0.3, -0.25) is 0 Å². The largest absolute Gasteiger partial charge is 0.511 e. The number of anilines is 1. The molecule has 10 heteroatoms. The van der Waals surface area contributed by atoms with Gasteiger partial charge in [-0.1, -0.05) is 43.9 Å². The SMILES string of the molecule is O=S(=O)(N1Cc2ccccc2N(Cc2cnc[nH]2)[C@H](CC2CCCC2)C1)C(F)(F)F.